The van der Waals surface area contributed by atoms with Crippen molar-refractivity contribution in [3.63, 3.8) is 0 Å². The zero-order valence-electron chi connectivity index (χ0n) is 14.7. The molecule has 0 heterocycles. The molecular weight excluding hydrogens is 316 g/mol. The molecule has 0 atom stereocenters. The van der Waals surface area contributed by atoms with Crippen molar-refractivity contribution in [2.24, 2.45) is 0 Å². The third-order valence-corrected chi connectivity index (χ3v) is 4.18. The molecule has 0 aliphatic heterocycles. The van der Waals surface area contributed by atoms with Gasteiger partial charge >= 0.3 is 0 Å². The van der Waals surface area contributed by atoms with Crippen molar-refractivity contribution in [2.45, 2.75) is 26.2 Å². The van der Waals surface area contributed by atoms with E-state index in [1.54, 1.807) is 12.1 Å². The maximum absolute atomic E-state index is 13.0. The van der Waals surface area contributed by atoms with Crippen LogP contribution in [0.5, 0.6) is 0 Å². The van der Waals surface area contributed by atoms with Crippen molar-refractivity contribution >= 4 is 5.70 Å². The Morgan fingerprint density at radius 2 is 1.88 bits per heavy atom. The van der Waals surface area contributed by atoms with Gasteiger partial charge in [-0.2, -0.15) is 0 Å². The molecule has 2 aromatic rings. The number of benzene rings is 2. The fourth-order valence-electron chi connectivity index (χ4n) is 2.79. The molecule has 0 amide bonds. The molecule has 0 spiro atoms. The van der Waals surface area contributed by atoms with Crippen LogP contribution in [0.1, 0.15) is 29.2 Å². The number of halogens is 2. The lowest BCUT2D eigenvalue weighted by Gasteiger charge is -2.23. The predicted octanol–water partition coefficient (Wildman–Crippen LogP) is 5.01. The van der Waals surface area contributed by atoms with Crippen LogP contribution in [-0.2, 0) is 12.8 Å². The summed E-state index contributed by atoms with van der Waals surface area (Å²) in [7, 11) is 1.92. The van der Waals surface area contributed by atoms with Gasteiger partial charge in [-0.3, -0.25) is 0 Å². The Kier molecular flexibility index (Phi) is 6.77. The van der Waals surface area contributed by atoms with Crippen molar-refractivity contribution in [1.29, 1.82) is 0 Å². The Balaban J connectivity index is 2.47. The third kappa shape index (κ3) is 5.19. The first-order chi connectivity index (χ1) is 12.0. The van der Waals surface area contributed by atoms with Crippen LogP contribution in [-0.4, -0.2) is 24.9 Å². The third-order valence-electron chi connectivity index (χ3n) is 4.18. The summed E-state index contributed by atoms with van der Waals surface area (Å²) in [6, 6.07) is 15.8. The average molecular weight is 339 g/mol. The number of alkyl halides is 2. The number of hydrogen-bond donors (Lipinski definition) is 0. The Bertz CT molecular complexity index is 757. The summed E-state index contributed by atoms with van der Waals surface area (Å²) in [5, 5.41) is 0. The van der Waals surface area contributed by atoms with Gasteiger partial charge in [0, 0.05) is 31.7 Å². The standard InChI is InChI=1S/C22H23F2N/c1-4-9-21(25(3)5-2)20-15-18(12-13-19(20)16-22(23)24)14-17-10-7-6-8-11-17/h1,6-13,15,22H,5,14,16H2,2-3H3/b21-9-. The normalized spacial score (nSPS) is 11.4. The molecule has 0 aliphatic carbocycles. The highest BCUT2D eigenvalue weighted by atomic mass is 19.3. The fraction of sp³-hybridized carbons (Fsp3) is 0.273. The van der Waals surface area contributed by atoms with Crippen LogP contribution in [0.2, 0.25) is 0 Å². The van der Waals surface area contributed by atoms with Crippen LogP contribution in [0.4, 0.5) is 8.78 Å². The van der Waals surface area contributed by atoms with Gasteiger partial charge < -0.3 is 4.90 Å². The highest BCUT2D eigenvalue weighted by Crippen LogP contribution is 2.26. The second kappa shape index (κ2) is 9.03. The highest BCUT2D eigenvalue weighted by Gasteiger charge is 2.15. The molecule has 0 aromatic heterocycles. The maximum atomic E-state index is 13.0. The molecule has 1 nitrogen and oxygen atoms in total. The van der Waals surface area contributed by atoms with Crippen LogP contribution >= 0.6 is 0 Å². The van der Waals surface area contributed by atoms with Crippen LogP contribution in [0.15, 0.2) is 54.6 Å². The molecule has 0 radical (unpaired) electrons. The molecule has 0 bridgehead atoms. The summed E-state index contributed by atoms with van der Waals surface area (Å²) in [6.45, 7) is 2.75. The molecular formula is C22H23F2N. The molecule has 0 unspecified atom stereocenters. The lowest BCUT2D eigenvalue weighted by molar-refractivity contribution is 0.149. The number of allylic oxidation sites excluding steroid dienone is 1. The molecule has 2 aromatic carbocycles. The largest absolute Gasteiger partial charge is 0.374 e. The van der Waals surface area contributed by atoms with Crippen LogP contribution in [0.3, 0.4) is 0 Å². The molecule has 25 heavy (non-hydrogen) atoms. The summed E-state index contributed by atoms with van der Waals surface area (Å²) in [5.41, 5.74) is 4.47. The number of terminal acetylenes is 1. The second-order valence-corrected chi connectivity index (χ2v) is 5.96. The molecule has 0 saturated heterocycles. The van der Waals surface area contributed by atoms with E-state index in [-0.39, 0.29) is 6.42 Å². The first-order valence-corrected chi connectivity index (χ1v) is 8.36. The van der Waals surface area contributed by atoms with Crippen molar-refractivity contribution in [3.8, 4) is 12.3 Å². The first-order valence-electron chi connectivity index (χ1n) is 8.36. The minimum absolute atomic E-state index is 0.277. The van der Waals surface area contributed by atoms with Crippen molar-refractivity contribution in [1.82, 2.24) is 4.90 Å². The van der Waals surface area contributed by atoms with E-state index in [9.17, 15) is 8.78 Å². The highest BCUT2D eigenvalue weighted by molar-refractivity contribution is 5.70. The Hall–Kier alpha value is -2.60. The number of hydrogen-bond acceptors (Lipinski definition) is 1. The average Bonchev–Trinajstić information content (AvgIpc) is 2.61. The monoisotopic (exact) mass is 339 g/mol. The topological polar surface area (TPSA) is 3.24 Å². The molecule has 0 aliphatic rings. The van der Waals surface area contributed by atoms with Crippen molar-refractivity contribution < 1.29 is 8.78 Å². The molecule has 130 valence electrons. The van der Waals surface area contributed by atoms with Gasteiger partial charge in [0.15, 0.2) is 0 Å². The number of rotatable bonds is 7. The van der Waals surface area contributed by atoms with E-state index in [1.165, 1.54) is 5.56 Å². The van der Waals surface area contributed by atoms with Gasteiger partial charge in [0.2, 0.25) is 6.43 Å². The van der Waals surface area contributed by atoms with Crippen LogP contribution in [0.25, 0.3) is 5.70 Å². The maximum Gasteiger partial charge on any atom is 0.242 e. The fourth-order valence-corrected chi connectivity index (χ4v) is 2.79. The lowest BCUT2D eigenvalue weighted by Crippen LogP contribution is -2.17. The summed E-state index contributed by atoms with van der Waals surface area (Å²) >= 11 is 0. The minimum Gasteiger partial charge on any atom is -0.374 e. The summed E-state index contributed by atoms with van der Waals surface area (Å²) in [4.78, 5) is 1.98. The van der Waals surface area contributed by atoms with E-state index in [2.05, 4.69) is 18.1 Å². The van der Waals surface area contributed by atoms with Crippen LogP contribution < -0.4 is 0 Å². The van der Waals surface area contributed by atoms with E-state index in [1.807, 2.05) is 49.2 Å². The zero-order chi connectivity index (χ0) is 18.2. The van der Waals surface area contributed by atoms with Gasteiger partial charge in [0.05, 0.1) is 5.70 Å². The summed E-state index contributed by atoms with van der Waals surface area (Å²) in [5.74, 6) is 2.54. The van der Waals surface area contributed by atoms with Gasteiger partial charge in [-0.25, -0.2) is 8.78 Å². The van der Waals surface area contributed by atoms with Gasteiger partial charge in [0.25, 0.3) is 0 Å². The van der Waals surface area contributed by atoms with Gasteiger partial charge in [0.1, 0.15) is 0 Å². The lowest BCUT2D eigenvalue weighted by atomic mass is 9.95. The minimum atomic E-state index is -2.39. The quantitative estimate of drug-likeness (QED) is 0.641. The summed E-state index contributed by atoms with van der Waals surface area (Å²) in [6.07, 6.45) is 5.21. The Morgan fingerprint density at radius 1 is 1.16 bits per heavy atom. The van der Waals surface area contributed by atoms with E-state index in [0.717, 1.165) is 29.8 Å². The van der Waals surface area contributed by atoms with E-state index >= 15 is 0 Å². The van der Waals surface area contributed by atoms with Gasteiger partial charge in [-0.1, -0.05) is 48.4 Å². The van der Waals surface area contributed by atoms with Gasteiger partial charge in [-0.05, 0) is 36.1 Å². The second-order valence-electron chi connectivity index (χ2n) is 5.96. The molecule has 0 saturated carbocycles. The predicted molar refractivity (Wildman–Crippen MR) is 101 cm³/mol. The van der Waals surface area contributed by atoms with Gasteiger partial charge in [-0.15, -0.1) is 6.42 Å². The van der Waals surface area contributed by atoms with E-state index in [4.69, 9.17) is 6.42 Å². The Labute approximate surface area is 149 Å². The first kappa shape index (κ1) is 18.7. The molecule has 0 N–H and O–H groups in total. The zero-order valence-corrected chi connectivity index (χ0v) is 14.7. The molecule has 3 heteroatoms. The molecule has 2 rings (SSSR count). The Morgan fingerprint density at radius 3 is 2.48 bits per heavy atom. The van der Waals surface area contributed by atoms with E-state index < -0.39 is 6.43 Å². The van der Waals surface area contributed by atoms with Crippen molar-refractivity contribution in [2.75, 3.05) is 13.6 Å². The number of nitrogens with zero attached hydrogens (tertiary/aromatic N) is 1. The smallest absolute Gasteiger partial charge is 0.242 e. The summed E-state index contributed by atoms with van der Waals surface area (Å²) < 4.78 is 26.0. The SMILES string of the molecule is C#C/C=C(/c1cc(Cc2ccccc2)ccc1CC(F)F)N(C)CC. The molecule has 0 fully saturated rings. The van der Waals surface area contributed by atoms with Crippen LogP contribution in [0, 0.1) is 12.3 Å². The van der Waals surface area contributed by atoms with E-state index in [0.29, 0.717) is 5.56 Å². The van der Waals surface area contributed by atoms with Crippen molar-refractivity contribution in [3.05, 3.63) is 76.9 Å².